The van der Waals surface area contributed by atoms with Crippen LogP contribution in [0.5, 0.6) is 5.75 Å². The van der Waals surface area contributed by atoms with Crippen molar-refractivity contribution >= 4 is 27.1 Å². The molecular weight excluding hydrogens is 364 g/mol. The molecule has 0 radical (unpaired) electrons. The summed E-state index contributed by atoms with van der Waals surface area (Å²) in [6, 6.07) is 7.57. The minimum Gasteiger partial charge on any atom is -0.497 e. The fourth-order valence-corrected chi connectivity index (χ4v) is 2.99. The van der Waals surface area contributed by atoms with E-state index >= 15 is 0 Å². The lowest BCUT2D eigenvalue weighted by atomic mass is 10.2. The van der Waals surface area contributed by atoms with Gasteiger partial charge in [0.1, 0.15) is 5.75 Å². The number of hydrogen-bond donors (Lipinski definition) is 0. The number of halogens is 1. The molecule has 0 N–H and O–H groups in total. The summed E-state index contributed by atoms with van der Waals surface area (Å²) in [5.74, 6) is 0.739. The van der Waals surface area contributed by atoms with Crippen LogP contribution in [0.4, 0.5) is 0 Å². The van der Waals surface area contributed by atoms with Crippen molar-refractivity contribution in [3.8, 4) is 5.75 Å². The van der Waals surface area contributed by atoms with Crippen molar-refractivity contribution in [2.45, 2.75) is 6.54 Å². The van der Waals surface area contributed by atoms with E-state index < -0.39 is 5.69 Å². The number of rotatable bonds is 3. The third-order valence-electron chi connectivity index (χ3n) is 3.78. The van der Waals surface area contributed by atoms with E-state index in [2.05, 4.69) is 20.9 Å². The van der Waals surface area contributed by atoms with Gasteiger partial charge in [0.05, 0.1) is 13.7 Å². The largest absolute Gasteiger partial charge is 0.497 e. The molecule has 0 aliphatic rings. The van der Waals surface area contributed by atoms with Crippen molar-refractivity contribution in [3.63, 3.8) is 0 Å². The van der Waals surface area contributed by atoms with Crippen molar-refractivity contribution < 1.29 is 4.74 Å². The van der Waals surface area contributed by atoms with Crippen LogP contribution >= 0.6 is 15.9 Å². The predicted octanol–water partition coefficient (Wildman–Crippen LogP) is 1.25. The molecule has 0 saturated heterocycles. The van der Waals surface area contributed by atoms with Gasteiger partial charge in [0.2, 0.25) is 0 Å². The van der Waals surface area contributed by atoms with Gasteiger partial charge in [-0.3, -0.25) is 13.9 Å². The molecule has 2 aromatic heterocycles. The van der Waals surface area contributed by atoms with Crippen LogP contribution in [0.1, 0.15) is 5.56 Å². The molecule has 1 aromatic carbocycles. The molecule has 0 spiro atoms. The van der Waals surface area contributed by atoms with Gasteiger partial charge in [-0.15, -0.1) is 0 Å². The van der Waals surface area contributed by atoms with Crippen LogP contribution in [0.3, 0.4) is 0 Å². The van der Waals surface area contributed by atoms with Gasteiger partial charge in [-0.1, -0.05) is 12.1 Å². The van der Waals surface area contributed by atoms with E-state index in [0.717, 1.165) is 15.9 Å². The molecule has 3 aromatic rings. The number of fused-ring (bicyclic) bond motifs is 1. The van der Waals surface area contributed by atoms with E-state index in [1.807, 2.05) is 24.3 Å². The summed E-state index contributed by atoms with van der Waals surface area (Å²) >= 11 is 3.38. The summed E-state index contributed by atoms with van der Waals surface area (Å²) < 4.78 is 9.90. The van der Waals surface area contributed by atoms with E-state index in [0.29, 0.717) is 22.4 Å². The van der Waals surface area contributed by atoms with Crippen LogP contribution in [-0.2, 0) is 20.6 Å². The quantitative estimate of drug-likeness (QED) is 0.643. The smallest absolute Gasteiger partial charge is 0.332 e. The predicted molar refractivity (Wildman–Crippen MR) is 90.0 cm³/mol. The van der Waals surface area contributed by atoms with Crippen molar-refractivity contribution in [2.24, 2.45) is 14.1 Å². The Morgan fingerprint density at radius 3 is 2.65 bits per heavy atom. The van der Waals surface area contributed by atoms with Gasteiger partial charge in [-0.25, -0.2) is 9.78 Å². The Morgan fingerprint density at radius 1 is 1.22 bits per heavy atom. The Morgan fingerprint density at radius 2 is 1.96 bits per heavy atom. The summed E-state index contributed by atoms with van der Waals surface area (Å²) in [4.78, 5) is 28.8. The molecule has 7 nitrogen and oxygen atoms in total. The number of hydrogen-bond acceptors (Lipinski definition) is 4. The van der Waals surface area contributed by atoms with E-state index in [1.165, 1.54) is 11.6 Å². The van der Waals surface area contributed by atoms with Crippen molar-refractivity contribution in [2.75, 3.05) is 7.11 Å². The van der Waals surface area contributed by atoms with E-state index in [1.54, 1.807) is 18.7 Å². The standard InChI is InChI=1S/C15H15BrN4O3/c1-18-12-11(13(21)19(2)15(18)22)20(14(16)17-12)8-9-5-4-6-10(7-9)23-3/h4-7H,8H2,1-3H3. The Labute approximate surface area is 139 Å². The number of ether oxygens (including phenoxy) is 1. The van der Waals surface area contributed by atoms with Crippen LogP contribution in [0, 0.1) is 0 Å². The SMILES string of the molecule is COc1cccc(Cn2c(Br)nc3c2c(=O)n(C)c(=O)n3C)c1. The first kappa shape index (κ1) is 15.5. The molecule has 0 aliphatic heterocycles. The van der Waals surface area contributed by atoms with Gasteiger partial charge < -0.3 is 9.30 Å². The van der Waals surface area contributed by atoms with E-state index in [-0.39, 0.29) is 5.56 Å². The first-order chi connectivity index (χ1) is 10.9. The molecular formula is C15H15BrN4O3. The highest BCUT2D eigenvalue weighted by atomic mass is 79.9. The minimum atomic E-state index is -0.402. The molecule has 0 atom stereocenters. The molecule has 0 fully saturated rings. The zero-order valence-corrected chi connectivity index (χ0v) is 14.5. The Bertz CT molecular complexity index is 1020. The van der Waals surface area contributed by atoms with E-state index in [9.17, 15) is 9.59 Å². The maximum Gasteiger partial charge on any atom is 0.332 e. The van der Waals surface area contributed by atoms with Crippen LogP contribution in [0.25, 0.3) is 11.2 Å². The van der Waals surface area contributed by atoms with Crippen molar-refractivity contribution in [1.29, 1.82) is 0 Å². The molecule has 8 heteroatoms. The van der Waals surface area contributed by atoms with Crippen LogP contribution in [-0.4, -0.2) is 25.8 Å². The fraction of sp³-hybridized carbons (Fsp3) is 0.267. The molecule has 0 unspecified atom stereocenters. The zero-order valence-electron chi connectivity index (χ0n) is 12.9. The summed E-state index contributed by atoms with van der Waals surface area (Å²) in [7, 11) is 4.66. The number of benzene rings is 1. The molecule has 0 bridgehead atoms. The summed E-state index contributed by atoms with van der Waals surface area (Å²) in [6.07, 6.45) is 0. The monoisotopic (exact) mass is 378 g/mol. The highest BCUT2D eigenvalue weighted by molar-refractivity contribution is 9.10. The number of aryl methyl sites for hydroxylation is 1. The van der Waals surface area contributed by atoms with Gasteiger partial charge in [0.15, 0.2) is 15.9 Å². The number of nitrogens with zero attached hydrogens (tertiary/aromatic N) is 4. The first-order valence-corrected chi connectivity index (χ1v) is 7.68. The Balaban J connectivity index is 2.24. The second kappa shape index (κ2) is 5.69. The third kappa shape index (κ3) is 2.48. The van der Waals surface area contributed by atoms with Crippen molar-refractivity contribution in [3.05, 3.63) is 55.4 Å². The van der Waals surface area contributed by atoms with Gasteiger partial charge in [0.25, 0.3) is 5.56 Å². The van der Waals surface area contributed by atoms with Gasteiger partial charge in [0, 0.05) is 14.1 Å². The van der Waals surface area contributed by atoms with Crippen LogP contribution < -0.4 is 16.0 Å². The van der Waals surface area contributed by atoms with Crippen LogP contribution in [0.2, 0.25) is 0 Å². The number of aromatic nitrogens is 4. The molecule has 0 amide bonds. The highest BCUT2D eigenvalue weighted by Crippen LogP contribution is 2.20. The third-order valence-corrected chi connectivity index (χ3v) is 4.38. The second-order valence-electron chi connectivity index (χ2n) is 5.20. The topological polar surface area (TPSA) is 71.1 Å². The average molecular weight is 379 g/mol. The lowest BCUT2D eigenvalue weighted by Crippen LogP contribution is -2.37. The molecule has 2 heterocycles. The van der Waals surface area contributed by atoms with Gasteiger partial charge in [-0.05, 0) is 33.6 Å². The maximum atomic E-state index is 12.5. The maximum absolute atomic E-state index is 12.5. The zero-order chi connectivity index (χ0) is 16.7. The summed E-state index contributed by atoms with van der Waals surface area (Å²) in [5.41, 5.74) is 0.919. The Kier molecular flexibility index (Phi) is 3.85. The normalized spacial score (nSPS) is 11.1. The number of methoxy groups -OCH3 is 1. The fourth-order valence-electron chi connectivity index (χ4n) is 2.52. The molecule has 120 valence electrons. The highest BCUT2D eigenvalue weighted by Gasteiger charge is 2.18. The lowest BCUT2D eigenvalue weighted by molar-refractivity contribution is 0.414. The average Bonchev–Trinajstić information content (AvgIpc) is 2.88. The molecule has 3 rings (SSSR count). The van der Waals surface area contributed by atoms with Gasteiger partial charge >= 0.3 is 5.69 Å². The first-order valence-electron chi connectivity index (χ1n) is 6.88. The summed E-state index contributed by atoms with van der Waals surface area (Å²) in [5, 5.41) is 0. The molecule has 23 heavy (non-hydrogen) atoms. The van der Waals surface area contributed by atoms with Crippen molar-refractivity contribution in [1.82, 2.24) is 18.7 Å². The summed E-state index contributed by atoms with van der Waals surface area (Å²) in [6.45, 7) is 0.432. The Hall–Kier alpha value is -2.35. The van der Waals surface area contributed by atoms with E-state index in [4.69, 9.17) is 4.74 Å². The van der Waals surface area contributed by atoms with Crippen LogP contribution in [0.15, 0.2) is 38.6 Å². The second-order valence-corrected chi connectivity index (χ2v) is 5.91. The van der Waals surface area contributed by atoms with Gasteiger partial charge in [-0.2, -0.15) is 0 Å². The number of imidazole rings is 1. The molecule has 0 aliphatic carbocycles. The lowest BCUT2D eigenvalue weighted by Gasteiger charge is -2.08. The molecule has 0 saturated carbocycles. The minimum absolute atomic E-state index is 0.355.